The summed E-state index contributed by atoms with van der Waals surface area (Å²) in [6.07, 6.45) is 1.35. The summed E-state index contributed by atoms with van der Waals surface area (Å²) in [4.78, 5) is 23.3. The molecule has 174 valence electrons. The van der Waals surface area contributed by atoms with Crippen LogP contribution in [0.2, 0.25) is 10.0 Å². The Balaban J connectivity index is 0.00000306. The highest BCUT2D eigenvalue weighted by Crippen LogP contribution is 2.27. The monoisotopic (exact) mass is 508 g/mol. The zero-order valence-electron chi connectivity index (χ0n) is 17.7. The summed E-state index contributed by atoms with van der Waals surface area (Å²) in [5, 5.41) is 3.71. The average molecular weight is 510 g/mol. The van der Waals surface area contributed by atoms with Crippen molar-refractivity contribution < 1.29 is 14.3 Å². The van der Waals surface area contributed by atoms with Crippen LogP contribution in [0.15, 0.2) is 54.9 Å². The highest BCUT2D eigenvalue weighted by atomic mass is 35.5. The van der Waals surface area contributed by atoms with Crippen molar-refractivity contribution in [3.63, 3.8) is 0 Å². The Morgan fingerprint density at radius 3 is 2.52 bits per heavy atom. The normalized spacial score (nSPS) is 13.8. The van der Waals surface area contributed by atoms with Gasteiger partial charge in [0.05, 0.1) is 29.0 Å². The summed E-state index contributed by atoms with van der Waals surface area (Å²) in [7, 11) is 0. The lowest BCUT2D eigenvalue weighted by Crippen LogP contribution is -2.38. The van der Waals surface area contributed by atoms with Crippen molar-refractivity contribution in [1.82, 2.24) is 14.9 Å². The number of morpholine rings is 1. The van der Waals surface area contributed by atoms with Crippen LogP contribution in [0.1, 0.15) is 10.5 Å². The first-order valence-corrected chi connectivity index (χ1v) is 11.0. The van der Waals surface area contributed by atoms with E-state index in [0.29, 0.717) is 28.0 Å². The van der Waals surface area contributed by atoms with Gasteiger partial charge in [-0.3, -0.25) is 9.69 Å². The molecule has 10 heteroatoms. The number of nitrogens with one attached hydrogen (secondary N) is 1. The lowest BCUT2D eigenvalue weighted by molar-refractivity contribution is 0.0322. The fourth-order valence-electron chi connectivity index (χ4n) is 3.24. The van der Waals surface area contributed by atoms with Crippen LogP contribution in [0.4, 0.5) is 5.69 Å². The highest BCUT2D eigenvalue weighted by Gasteiger charge is 2.12. The number of aromatic nitrogens is 2. The molecule has 0 aliphatic carbocycles. The molecule has 1 fully saturated rings. The van der Waals surface area contributed by atoms with E-state index in [9.17, 15) is 4.79 Å². The van der Waals surface area contributed by atoms with E-state index in [2.05, 4.69) is 20.2 Å². The number of hydrogen-bond donors (Lipinski definition) is 1. The van der Waals surface area contributed by atoms with Gasteiger partial charge in [-0.15, -0.1) is 12.4 Å². The zero-order chi connectivity index (χ0) is 22.3. The van der Waals surface area contributed by atoms with E-state index in [1.807, 2.05) is 12.1 Å². The van der Waals surface area contributed by atoms with E-state index < -0.39 is 0 Å². The Kier molecular flexibility index (Phi) is 9.29. The van der Waals surface area contributed by atoms with E-state index in [-0.39, 0.29) is 24.0 Å². The molecule has 4 rings (SSSR count). The molecule has 1 N–H and O–H groups in total. The van der Waals surface area contributed by atoms with Crippen molar-refractivity contribution in [2.45, 2.75) is 0 Å². The maximum absolute atomic E-state index is 12.7. The average Bonchev–Trinajstić information content (AvgIpc) is 2.83. The third-order valence-electron chi connectivity index (χ3n) is 5.01. The minimum atomic E-state index is -0.338. The van der Waals surface area contributed by atoms with Gasteiger partial charge in [0, 0.05) is 30.9 Å². The number of hydrogen-bond acceptors (Lipinski definition) is 6. The number of halogens is 3. The number of carbonyl (C=O) groups excluding carboxylic acids is 1. The molecular formula is C23H23Cl3N4O3. The molecule has 0 radical (unpaired) electrons. The summed E-state index contributed by atoms with van der Waals surface area (Å²) in [6, 6.07) is 14.0. The fourth-order valence-corrected chi connectivity index (χ4v) is 3.54. The largest absolute Gasteiger partial charge is 0.492 e. The van der Waals surface area contributed by atoms with Gasteiger partial charge in [0.25, 0.3) is 5.91 Å². The number of anilines is 1. The zero-order valence-corrected chi connectivity index (χ0v) is 20.0. The van der Waals surface area contributed by atoms with Crippen molar-refractivity contribution in [2.24, 2.45) is 0 Å². The lowest BCUT2D eigenvalue weighted by Gasteiger charge is -2.26. The molecule has 0 atom stereocenters. The number of amides is 1. The van der Waals surface area contributed by atoms with Gasteiger partial charge in [-0.25, -0.2) is 9.97 Å². The van der Waals surface area contributed by atoms with Crippen LogP contribution in [0, 0.1) is 0 Å². The molecule has 1 aliphatic rings. The smallest absolute Gasteiger partial charge is 0.274 e. The molecule has 1 amide bonds. The minimum Gasteiger partial charge on any atom is -0.492 e. The molecule has 1 aromatic heterocycles. The van der Waals surface area contributed by atoms with Crippen LogP contribution in [0.3, 0.4) is 0 Å². The number of rotatable bonds is 7. The van der Waals surface area contributed by atoms with Crippen molar-refractivity contribution in [3.8, 4) is 17.0 Å². The molecule has 0 unspecified atom stereocenters. The molecule has 0 saturated carbocycles. The van der Waals surface area contributed by atoms with Gasteiger partial charge in [0.15, 0.2) is 0 Å². The number of nitrogens with zero attached hydrogens (tertiary/aromatic N) is 3. The second kappa shape index (κ2) is 12.2. The summed E-state index contributed by atoms with van der Waals surface area (Å²) >= 11 is 12.1. The van der Waals surface area contributed by atoms with Crippen LogP contribution < -0.4 is 10.1 Å². The van der Waals surface area contributed by atoms with Gasteiger partial charge in [-0.2, -0.15) is 0 Å². The van der Waals surface area contributed by atoms with Crippen molar-refractivity contribution in [1.29, 1.82) is 0 Å². The summed E-state index contributed by atoms with van der Waals surface area (Å²) in [6.45, 7) is 4.88. The standard InChI is InChI=1S/C23H22Cl2N4O3.ClH/c24-19-6-1-16(13-20(19)25)21-14-22(27-15-26-21)23(30)28-17-2-4-18(5-3-17)32-12-9-29-7-10-31-11-8-29;/h1-6,13-15H,7-12H2,(H,28,30);1H. The molecule has 2 heterocycles. The van der Waals surface area contributed by atoms with E-state index in [1.54, 1.807) is 36.4 Å². The predicted molar refractivity (Wildman–Crippen MR) is 132 cm³/mol. The van der Waals surface area contributed by atoms with Crippen molar-refractivity contribution in [2.75, 3.05) is 44.8 Å². The fraction of sp³-hybridized carbons (Fsp3) is 0.261. The molecule has 33 heavy (non-hydrogen) atoms. The topological polar surface area (TPSA) is 76.6 Å². The predicted octanol–water partition coefficient (Wildman–Crippen LogP) is 4.84. The Hall–Kier alpha value is -2.42. The van der Waals surface area contributed by atoms with Gasteiger partial charge < -0.3 is 14.8 Å². The number of carbonyl (C=O) groups is 1. The number of ether oxygens (including phenoxy) is 2. The first kappa shape index (κ1) is 25.2. The van der Waals surface area contributed by atoms with E-state index in [1.165, 1.54) is 6.33 Å². The first-order chi connectivity index (χ1) is 15.6. The quantitative estimate of drug-likeness (QED) is 0.491. The van der Waals surface area contributed by atoms with Gasteiger partial charge in [-0.05, 0) is 42.5 Å². The van der Waals surface area contributed by atoms with Crippen LogP contribution in [-0.2, 0) is 4.74 Å². The Morgan fingerprint density at radius 2 is 1.79 bits per heavy atom. The molecule has 0 bridgehead atoms. The third kappa shape index (κ3) is 7.03. The molecule has 7 nitrogen and oxygen atoms in total. The van der Waals surface area contributed by atoms with Gasteiger partial charge in [0.2, 0.25) is 0 Å². The third-order valence-corrected chi connectivity index (χ3v) is 5.75. The molecule has 3 aromatic rings. The van der Waals surface area contributed by atoms with Crippen molar-refractivity contribution in [3.05, 3.63) is 70.6 Å². The van der Waals surface area contributed by atoms with E-state index in [0.717, 1.165) is 44.2 Å². The van der Waals surface area contributed by atoms with Crippen LogP contribution >= 0.6 is 35.6 Å². The second-order valence-corrected chi connectivity index (χ2v) is 8.01. The van der Waals surface area contributed by atoms with Gasteiger partial charge >= 0.3 is 0 Å². The molecule has 1 aliphatic heterocycles. The van der Waals surface area contributed by atoms with Crippen LogP contribution in [0.5, 0.6) is 5.75 Å². The first-order valence-electron chi connectivity index (χ1n) is 10.2. The van der Waals surface area contributed by atoms with E-state index >= 15 is 0 Å². The Bertz CT molecular complexity index is 1080. The minimum absolute atomic E-state index is 0. The lowest BCUT2D eigenvalue weighted by atomic mass is 10.1. The maximum atomic E-state index is 12.7. The highest BCUT2D eigenvalue weighted by molar-refractivity contribution is 6.42. The van der Waals surface area contributed by atoms with Crippen molar-refractivity contribution >= 4 is 47.2 Å². The summed E-state index contributed by atoms with van der Waals surface area (Å²) < 4.78 is 11.1. The second-order valence-electron chi connectivity index (χ2n) is 7.20. The molecule has 0 spiro atoms. The summed E-state index contributed by atoms with van der Waals surface area (Å²) in [5.41, 5.74) is 2.21. The number of benzene rings is 2. The Labute approximate surface area is 208 Å². The molecule has 1 saturated heterocycles. The van der Waals surface area contributed by atoms with Crippen LogP contribution in [0.25, 0.3) is 11.3 Å². The summed E-state index contributed by atoms with van der Waals surface area (Å²) in [5.74, 6) is 0.412. The Morgan fingerprint density at radius 1 is 1.03 bits per heavy atom. The maximum Gasteiger partial charge on any atom is 0.274 e. The van der Waals surface area contributed by atoms with E-state index in [4.69, 9.17) is 32.7 Å². The van der Waals surface area contributed by atoms with Gasteiger partial charge in [-0.1, -0.05) is 29.3 Å². The molecular weight excluding hydrogens is 487 g/mol. The molecule has 2 aromatic carbocycles. The van der Waals surface area contributed by atoms with Gasteiger partial charge in [0.1, 0.15) is 24.4 Å². The SMILES string of the molecule is Cl.O=C(Nc1ccc(OCCN2CCOCC2)cc1)c1cc(-c2ccc(Cl)c(Cl)c2)ncn1. The van der Waals surface area contributed by atoms with Crippen LogP contribution in [-0.4, -0.2) is 60.2 Å².